The number of aryl methyl sites for hydroxylation is 1. The standard InChI is InChI=1S/C26H23N3O3S/c1-2-19-8-6-7-11-22(19)27-24(30)17-29-25(31)23(28-26(29)32)16-18-12-14-21(15-13-18)33-20-9-4-3-5-10-20/h3-16H,2,17H2,1H3,(H,27,30)(H,28,32)/b23-16+. The number of para-hydroxylation sites is 1. The molecule has 7 heteroatoms. The zero-order valence-electron chi connectivity index (χ0n) is 18.1. The number of benzene rings is 3. The summed E-state index contributed by atoms with van der Waals surface area (Å²) in [5.74, 6) is -0.954. The quantitative estimate of drug-likeness (QED) is 0.389. The van der Waals surface area contributed by atoms with Crippen LogP contribution in [-0.2, 0) is 16.0 Å². The maximum atomic E-state index is 12.7. The second-order valence-corrected chi connectivity index (χ2v) is 8.57. The van der Waals surface area contributed by atoms with Crippen molar-refractivity contribution in [2.45, 2.75) is 23.1 Å². The summed E-state index contributed by atoms with van der Waals surface area (Å²) in [4.78, 5) is 40.6. The fraction of sp³-hybridized carbons (Fsp3) is 0.115. The Kier molecular flexibility index (Phi) is 6.90. The minimum Gasteiger partial charge on any atom is -0.324 e. The van der Waals surface area contributed by atoms with Crippen LogP contribution in [0.25, 0.3) is 6.08 Å². The third-order valence-corrected chi connectivity index (χ3v) is 6.12. The highest BCUT2D eigenvalue weighted by molar-refractivity contribution is 7.99. The number of anilines is 1. The zero-order valence-corrected chi connectivity index (χ0v) is 18.9. The molecule has 0 radical (unpaired) electrons. The van der Waals surface area contributed by atoms with E-state index in [2.05, 4.69) is 10.6 Å². The Morgan fingerprint density at radius 3 is 2.33 bits per heavy atom. The van der Waals surface area contributed by atoms with Crippen LogP contribution in [-0.4, -0.2) is 29.3 Å². The molecule has 2 N–H and O–H groups in total. The Balaban J connectivity index is 1.40. The van der Waals surface area contributed by atoms with Gasteiger partial charge in [-0.1, -0.05) is 67.2 Å². The first-order valence-corrected chi connectivity index (χ1v) is 11.4. The number of imide groups is 1. The molecule has 1 fully saturated rings. The normalized spacial score (nSPS) is 14.5. The van der Waals surface area contributed by atoms with E-state index >= 15 is 0 Å². The average Bonchev–Trinajstić information content (AvgIpc) is 3.08. The van der Waals surface area contributed by atoms with Crippen LogP contribution in [0.15, 0.2) is 94.4 Å². The largest absolute Gasteiger partial charge is 0.329 e. The lowest BCUT2D eigenvalue weighted by atomic mass is 10.1. The van der Waals surface area contributed by atoms with Gasteiger partial charge >= 0.3 is 6.03 Å². The molecule has 166 valence electrons. The summed E-state index contributed by atoms with van der Waals surface area (Å²) >= 11 is 1.64. The van der Waals surface area contributed by atoms with Gasteiger partial charge in [-0.25, -0.2) is 9.69 Å². The number of amides is 4. The number of nitrogens with zero attached hydrogens (tertiary/aromatic N) is 1. The van der Waals surface area contributed by atoms with Crippen molar-refractivity contribution in [3.63, 3.8) is 0 Å². The highest BCUT2D eigenvalue weighted by Crippen LogP contribution is 2.28. The van der Waals surface area contributed by atoms with Crippen LogP contribution >= 0.6 is 11.8 Å². The van der Waals surface area contributed by atoms with Gasteiger partial charge in [0.15, 0.2) is 0 Å². The molecule has 0 aliphatic carbocycles. The van der Waals surface area contributed by atoms with Gasteiger partial charge in [0.25, 0.3) is 5.91 Å². The second kappa shape index (κ2) is 10.2. The van der Waals surface area contributed by atoms with E-state index in [4.69, 9.17) is 0 Å². The minimum absolute atomic E-state index is 0.144. The van der Waals surface area contributed by atoms with Gasteiger partial charge in [0, 0.05) is 15.5 Å². The van der Waals surface area contributed by atoms with Crippen LogP contribution in [0.1, 0.15) is 18.1 Å². The number of hydrogen-bond acceptors (Lipinski definition) is 4. The molecule has 0 unspecified atom stereocenters. The lowest BCUT2D eigenvalue weighted by Crippen LogP contribution is -2.38. The molecule has 0 aromatic heterocycles. The second-order valence-electron chi connectivity index (χ2n) is 7.42. The van der Waals surface area contributed by atoms with Crippen molar-refractivity contribution >= 4 is 41.4 Å². The van der Waals surface area contributed by atoms with Crippen LogP contribution in [0.3, 0.4) is 0 Å². The highest BCUT2D eigenvalue weighted by atomic mass is 32.2. The Labute approximate surface area is 196 Å². The van der Waals surface area contributed by atoms with Crippen LogP contribution in [0.4, 0.5) is 10.5 Å². The first-order chi connectivity index (χ1) is 16.0. The SMILES string of the molecule is CCc1ccccc1NC(=O)CN1C(=O)N/C(=C/c2ccc(Sc3ccccc3)cc2)C1=O. The van der Waals surface area contributed by atoms with E-state index in [1.165, 1.54) is 0 Å². The number of carbonyl (C=O) groups is 3. The van der Waals surface area contributed by atoms with E-state index < -0.39 is 17.8 Å². The Morgan fingerprint density at radius 2 is 1.61 bits per heavy atom. The lowest BCUT2D eigenvalue weighted by molar-refractivity contribution is -0.127. The lowest BCUT2D eigenvalue weighted by Gasteiger charge is -2.13. The Hall–Kier alpha value is -3.84. The van der Waals surface area contributed by atoms with E-state index in [-0.39, 0.29) is 12.2 Å². The van der Waals surface area contributed by atoms with Gasteiger partial charge < -0.3 is 10.6 Å². The van der Waals surface area contributed by atoms with E-state index in [0.29, 0.717) is 5.69 Å². The fourth-order valence-electron chi connectivity index (χ4n) is 3.42. The van der Waals surface area contributed by atoms with Crippen molar-refractivity contribution in [3.05, 3.63) is 95.7 Å². The third kappa shape index (κ3) is 5.51. The van der Waals surface area contributed by atoms with Crippen molar-refractivity contribution in [1.29, 1.82) is 0 Å². The summed E-state index contributed by atoms with van der Waals surface area (Å²) in [6.45, 7) is 1.64. The van der Waals surface area contributed by atoms with Crippen LogP contribution in [0, 0.1) is 0 Å². The van der Waals surface area contributed by atoms with Crippen LogP contribution in [0.2, 0.25) is 0 Å². The van der Waals surface area contributed by atoms with Gasteiger partial charge in [-0.2, -0.15) is 0 Å². The van der Waals surface area contributed by atoms with Crippen molar-refractivity contribution in [3.8, 4) is 0 Å². The van der Waals surface area contributed by atoms with Gasteiger partial charge in [-0.05, 0) is 54.0 Å². The summed E-state index contributed by atoms with van der Waals surface area (Å²) in [5, 5.41) is 5.35. The van der Waals surface area contributed by atoms with Crippen molar-refractivity contribution in [1.82, 2.24) is 10.2 Å². The highest BCUT2D eigenvalue weighted by Gasteiger charge is 2.34. The smallest absolute Gasteiger partial charge is 0.324 e. The molecule has 1 aliphatic heterocycles. The molecule has 0 saturated carbocycles. The molecule has 1 aliphatic rings. The van der Waals surface area contributed by atoms with Gasteiger partial charge in [0.1, 0.15) is 12.2 Å². The topological polar surface area (TPSA) is 78.5 Å². The van der Waals surface area contributed by atoms with E-state index in [0.717, 1.165) is 32.2 Å². The fourth-order valence-corrected chi connectivity index (χ4v) is 4.26. The van der Waals surface area contributed by atoms with E-state index in [9.17, 15) is 14.4 Å². The summed E-state index contributed by atoms with van der Waals surface area (Å²) in [6.07, 6.45) is 2.37. The van der Waals surface area contributed by atoms with Crippen LogP contribution in [0.5, 0.6) is 0 Å². The summed E-state index contributed by atoms with van der Waals surface area (Å²) in [7, 11) is 0. The molecule has 1 heterocycles. The molecule has 3 aromatic rings. The van der Waals surface area contributed by atoms with Gasteiger partial charge in [-0.15, -0.1) is 0 Å². The number of hydrogen-bond donors (Lipinski definition) is 2. The van der Waals surface area contributed by atoms with Gasteiger partial charge in [0.2, 0.25) is 5.91 Å². The molecular formula is C26H23N3O3S. The van der Waals surface area contributed by atoms with E-state index in [1.54, 1.807) is 23.9 Å². The van der Waals surface area contributed by atoms with Crippen molar-refractivity contribution < 1.29 is 14.4 Å². The molecule has 4 rings (SSSR count). The molecular weight excluding hydrogens is 434 g/mol. The predicted molar refractivity (Wildman–Crippen MR) is 130 cm³/mol. The van der Waals surface area contributed by atoms with E-state index in [1.807, 2.05) is 79.7 Å². The zero-order chi connectivity index (χ0) is 23.2. The molecule has 3 aromatic carbocycles. The third-order valence-electron chi connectivity index (χ3n) is 5.11. The predicted octanol–water partition coefficient (Wildman–Crippen LogP) is 4.93. The number of nitrogens with one attached hydrogen (secondary N) is 2. The molecule has 0 spiro atoms. The Bertz CT molecular complexity index is 1210. The molecule has 1 saturated heterocycles. The molecule has 4 amide bonds. The maximum absolute atomic E-state index is 12.7. The summed E-state index contributed by atoms with van der Waals surface area (Å²) in [6, 6.07) is 24.6. The molecule has 0 bridgehead atoms. The van der Waals surface area contributed by atoms with Gasteiger partial charge in [-0.3, -0.25) is 9.59 Å². The number of carbonyl (C=O) groups excluding carboxylic acids is 3. The first kappa shape index (κ1) is 22.4. The number of urea groups is 1. The monoisotopic (exact) mass is 457 g/mol. The molecule has 0 atom stereocenters. The minimum atomic E-state index is -0.610. The molecule has 6 nitrogen and oxygen atoms in total. The van der Waals surface area contributed by atoms with Crippen LogP contribution < -0.4 is 10.6 Å². The first-order valence-electron chi connectivity index (χ1n) is 10.6. The van der Waals surface area contributed by atoms with Crippen molar-refractivity contribution in [2.75, 3.05) is 11.9 Å². The maximum Gasteiger partial charge on any atom is 0.329 e. The number of rotatable bonds is 7. The average molecular weight is 458 g/mol. The van der Waals surface area contributed by atoms with Crippen molar-refractivity contribution in [2.24, 2.45) is 0 Å². The Morgan fingerprint density at radius 1 is 0.939 bits per heavy atom. The molecule has 33 heavy (non-hydrogen) atoms. The summed E-state index contributed by atoms with van der Waals surface area (Å²) < 4.78 is 0. The summed E-state index contributed by atoms with van der Waals surface area (Å²) in [5.41, 5.74) is 2.59. The van der Waals surface area contributed by atoms with Gasteiger partial charge in [0.05, 0.1) is 0 Å².